The standard InChI is InChI=1S/C28H23N3O6S2/c32-23-14-19-13-18(9-10-24(19)39(36,37)25-8-4-3-7-22(23)25)26(33)30-15-20-16-31-27(38-20)21-6-2-1-5-17(21)11-12-29-28(34)35/h1-10,13,16,29H,11-12,14-15H2,(H,30,33)(H,34,35). The fourth-order valence-electron chi connectivity index (χ4n) is 4.47. The van der Waals surface area contributed by atoms with E-state index < -0.39 is 21.8 Å². The number of rotatable bonds is 7. The van der Waals surface area contributed by atoms with E-state index in [1.807, 2.05) is 24.3 Å². The first-order valence-electron chi connectivity index (χ1n) is 12.0. The van der Waals surface area contributed by atoms with Gasteiger partial charge in [-0.15, -0.1) is 11.3 Å². The highest BCUT2D eigenvalue weighted by Gasteiger charge is 2.31. The van der Waals surface area contributed by atoms with E-state index in [1.165, 1.54) is 41.7 Å². The molecule has 0 atom stereocenters. The normalized spacial score (nSPS) is 13.6. The number of benzene rings is 3. The molecule has 1 aliphatic rings. The molecule has 0 bridgehead atoms. The maximum Gasteiger partial charge on any atom is 0.404 e. The van der Waals surface area contributed by atoms with E-state index in [4.69, 9.17) is 5.11 Å². The number of carbonyl (C=O) groups excluding carboxylic acids is 2. The predicted octanol–water partition coefficient (Wildman–Crippen LogP) is 4.12. The monoisotopic (exact) mass is 561 g/mol. The summed E-state index contributed by atoms with van der Waals surface area (Å²) in [5, 5.41) is 14.8. The van der Waals surface area contributed by atoms with E-state index in [0.29, 0.717) is 6.42 Å². The number of hydrogen-bond donors (Lipinski definition) is 3. The number of carboxylic acid groups (broad SMARTS) is 1. The third-order valence-corrected chi connectivity index (χ3v) is 9.28. The summed E-state index contributed by atoms with van der Waals surface area (Å²) in [6.45, 7) is 0.486. The first-order valence-corrected chi connectivity index (χ1v) is 14.3. The molecule has 39 heavy (non-hydrogen) atoms. The number of ketones is 1. The fraction of sp³-hybridized carbons (Fsp3) is 0.143. The molecule has 0 unspecified atom stereocenters. The zero-order chi connectivity index (χ0) is 27.6. The van der Waals surface area contributed by atoms with Gasteiger partial charge in [0.2, 0.25) is 9.84 Å². The molecule has 2 heterocycles. The highest BCUT2D eigenvalue weighted by Crippen LogP contribution is 2.32. The van der Waals surface area contributed by atoms with E-state index in [9.17, 15) is 22.8 Å². The van der Waals surface area contributed by atoms with Crippen LogP contribution in [0.5, 0.6) is 0 Å². The molecule has 3 N–H and O–H groups in total. The molecule has 0 spiro atoms. The highest BCUT2D eigenvalue weighted by molar-refractivity contribution is 7.91. The van der Waals surface area contributed by atoms with Crippen LogP contribution in [-0.2, 0) is 29.2 Å². The molecule has 0 saturated heterocycles. The predicted molar refractivity (Wildman–Crippen MR) is 145 cm³/mol. The minimum Gasteiger partial charge on any atom is -0.465 e. The van der Waals surface area contributed by atoms with Crippen LogP contribution in [0.2, 0.25) is 0 Å². The Bertz CT molecular complexity index is 1710. The minimum absolute atomic E-state index is 0.0216. The molecule has 3 aromatic carbocycles. The van der Waals surface area contributed by atoms with Gasteiger partial charge < -0.3 is 15.7 Å². The third kappa shape index (κ3) is 5.45. The van der Waals surface area contributed by atoms with Gasteiger partial charge in [-0.05, 0) is 41.8 Å². The molecule has 0 aliphatic carbocycles. The molecule has 5 rings (SSSR count). The van der Waals surface area contributed by atoms with Crippen LogP contribution in [0.25, 0.3) is 10.6 Å². The van der Waals surface area contributed by atoms with Gasteiger partial charge in [0.1, 0.15) is 5.01 Å². The lowest BCUT2D eigenvalue weighted by Crippen LogP contribution is -2.23. The molecule has 198 valence electrons. The fourth-order valence-corrected chi connectivity index (χ4v) is 7.08. The van der Waals surface area contributed by atoms with Crippen LogP contribution in [0.15, 0.2) is 82.7 Å². The Kier molecular flexibility index (Phi) is 7.27. The van der Waals surface area contributed by atoms with Gasteiger partial charge in [0, 0.05) is 40.7 Å². The highest BCUT2D eigenvalue weighted by atomic mass is 32.2. The molecule has 0 saturated carbocycles. The third-order valence-electron chi connectivity index (χ3n) is 6.34. The molecule has 1 aromatic heterocycles. The second-order valence-electron chi connectivity index (χ2n) is 8.88. The van der Waals surface area contributed by atoms with Crippen LogP contribution in [0, 0.1) is 0 Å². The van der Waals surface area contributed by atoms with Crippen LogP contribution >= 0.6 is 11.3 Å². The SMILES string of the molecule is O=C(O)NCCc1ccccc1-c1ncc(CNC(=O)c2ccc3c(c2)CC(=O)c2ccccc2S3(=O)=O)s1. The lowest BCUT2D eigenvalue weighted by atomic mass is 10.0. The summed E-state index contributed by atoms with van der Waals surface area (Å²) in [5.41, 5.74) is 2.54. The van der Waals surface area contributed by atoms with Crippen LogP contribution in [0.3, 0.4) is 0 Å². The molecule has 0 radical (unpaired) electrons. The van der Waals surface area contributed by atoms with Gasteiger partial charge in [0.15, 0.2) is 5.78 Å². The van der Waals surface area contributed by atoms with Crippen molar-refractivity contribution in [2.75, 3.05) is 6.54 Å². The molecule has 4 aromatic rings. The number of thiazole rings is 1. The number of nitrogens with zero attached hydrogens (tertiary/aromatic N) is 1. The summed E-state index contributed by atoms with van der Waals surface area (Å²) in [6, 6.07) is 18.0. The Hall–Kier alpha value is -4.35. The minimum atomic E-state index is -3.90. The van der Waals surface area contributed by atoms with Crippen molar-refractivity contribution in [1.29, 1.82) is 0 Å². The molecule has 1 aliphatic heterocycles. The summed E-state index contributed by atoms with van der Waals surface area (Å²) < 4.78 is 26.4. The Morgan fingerprint density at radius 2 is 1.69 bits per heavy atom. The van der Waals surface area contributed by atoms with E-state index >= 15 is 0 Å². The van der Waals surface area contributed by atoms with Crippen molar-refractivity contribution in [3.63, 3.8) is 0 Å². The largest absolute Gasteiger partial charge is 0.465 e. The zero-order valence-corrected chi connectivity index (χ0v) is 22.1. The number of carbonyl (C=O) groups is 3. The number of amides is 2. The smallest absolute Gasteiger partial charge is 0.404 e. The second-order valence-corrected chi connectivity index (χ2v) is 11.9. The van der Waals surface area contributed by atoms with Crippen LogP contribution in [0.1, 0.15) is 36.7 Å². The lowest BCUT2D eigenvalue weighted by Gasteiger charge is -2.10. The molecular weight excluding hydrogens is 538 g/mol. The summed E-state index contributed by atoms with van der Waals surface area (Å²) >= 11 is 1.41. The Balaban J connectivity index is 1.30. The molecule has 2 amide bonds. The maximum atomic E-state index is 13.2. The van der Waals surface area contributed by atoms with Gasteiger partial charge in [0.25, 0.3) is 5.91 Å². The quantitative estimate of drug-likeness (QED) is 0.308. The van der Waals surface area contributed by atoms with Crippen LogP contribution in [-0.4, -0.2) is 42.8 Å². The van der Waals surface area contributed by atoms with Gasteiger partial charge >= 0.3 is 6.09 Å². The number of nitrogens with one attached hydrogen (secondary N) is 2. The number of sulfone groups is 1. The van der Waals surface area contributed by atoms with Gasteiger partial charge in [-0.25, -0.2) is 18.2 Å². The van der Waals surface area contributed by atoms with E-state index in [1.54, 1.807) is 18.3 Å². The number of fused-ring (bicyclic) bond motifs is 2. The average Bonchev–Trinajstić information content (AvgIpc) is 3.37. The van der Waals surface area contributed by atoms with Crippen molar-refractivity contribution in [2.24, 2.45) is 0 Å². The van der Waals surface area contributed by atoms with Crippen LogP contribution < -0.4 is 10.6 Å². The topological polar surface area (TPSA) is 143 Å². The van der Waals surface area contributed by atoms with Crippen molar-refractivity contribution in [3.05, 3.63) is 100 Å². The van der Waals surface area contributed by atoms with Crippen molar-refractivity contribution in [1.82, 2.24) is 15.6 Å². The lowest BCUT2D eigenvalue weighted by molar-refractivity contribution is 0.0948. The zero-order valence-electron chi connectivity index (χ0n) is 20.5. The molecule has 9 nitrogen and oxygen atoms in total. The number of aromatic nitrogens is 1. The van der Waals surface area contributed by atoms with Crippen molar-refractivity contribution in [3.8, 4) is 10.6 Å². The van der Waals surface area contributed by atoms with Gasteiger partial charge in [0.05, 0.1) is 16.3 Å². The summed E-state index contributed by atoms with van der Waals surface area (Å²) in [6.07, 6.45) is 0.987. The van der Waals surface area contributed by atoms with E-state index in [0.717, 1.165) is 21.0 Å². The summed E-state index contributed by atoms with van der Waals surface area (Å²) in [5.74, 6) is -0.721. The Labute approximate surface area is 228 Å². The van der Waals surface area contributed by atoms with E-state index in [2.05, 4.69) is 15.6 Å². The maximum absolute atomic E-state index is 13.2. The first kappa shape index (κ1) is 26.3. The molecule has 11 heteroatoms. The second kappa shape index (κ2) is 10.8. The Morgan fingerprint density at radius 1 is 0.949 bits per heavy atom. The molecular formula is C28H23N3O6S2. The Morgan fingerprint density at radius 3 is 2.49 bits per heavy atom. The van der Waals surface area contributed by atoms with Gasteiger partial charge in [-0.3, -0.25) is 9.59 Å². The first-order chi connectivity index (χ1) is 18.7. The summed E-state index contributed by atoms with van der Waals surface area (Å²) in [7, 11) is -3.90. The molecule has 0 fully saturated rings. The van der Waals surface area contributed by atoms with Crippen molar-refractivity contribution < 1.29 is 27.9 Å². The number of hydrogen-bond acceptors (Lipinski definition) is 7. The van der Waals surface area contributed by atoms with E-state index in [-0.39, 0.29) is 51.8 Å². The average molecular weight is 562 g/mol. The number of Topliss-reactive ketones (excluding diaryl/α,β-unsaturated/α-hetero) is 1. The van der Waals surface area contributed by atoms with Crippen molar-refractivity contribution >= 4 is 39.0 Å². The van der Waals surface area contributed by atoms with Gasteiger partial charge in [-0.1, -0.05) is 42.5 Å². The van der Waals surface area contributed by atoms with Gasteiger partial charge in [-0.2, -0.15) is 0 Å². The summed E-state index contributed by atoms with van der Waals surface area (Å²) in [4.78, 5) is 41.8. The van der Waals surface area contributed by atoms with Crippen molar-refractivity contribution in [2.45, 2.75) is 29.2 Å². The van der Waals surface area contributed by atoms with Crippen LogP contribution in [0.4, 0.5) is 4.79 Å².